The van der Waals surface area contributed by atoms with E-state index < -0.39 is 5.92 Å². The second-order valence-corrected chi connectivity index (χ2v) is 8.49. The molecule has 29 heavy (non-hydrogen) atoms. The van der Waals surface area contributed by atoms with E-state index in [1.807, 2.05) is 7.05 Å². The van der Waals surface area contributed by atoms with Gasteiger partial charge in [-0.05, 0) is 44.5 Å². The monoisotopic (exact) mass is 427 g/mol. The summed E-state index contributed by atoms with van der Waals surface area (Å²) >= 11 is 6.28. The van der Waals surface area contributed by atoms with E-state index >= 15 is 0 Å². The van der Waals surface area contributed by atoms with Crippen molar-refractivity contribution in [2.24, 2.45) is 5.92 Å². The minimum absolute atomic E-state index is 0.0360. The molecule has 0 fully saturated rings. The Morgan fingerprint density at radius 2 is 2.03 bits per heavy atom. The van der Waals surface area contributed by atoms with Crippen molar-refractivity contribution < 1.29 is 13.5 Å². The van der Waals surface area contributed by atoms with Gasteiger partial charge >= 0.3 is 0 Å². The van der Waals surface area contributed by atoms with E-state index in [0.29, 0.717) is 30.3 Å². The Labute approximate surface area is 177 Å². The molecule has 0 amide bonds. The number of aromatic amines is 1. The van der Waals surface area contributed by atoms with Crippen LogP contribution >= 0.6 is 11.6 Å². The smallest absolute Gasteiger partial charge is 0.272 e. The van der Waals surface area contributed by atoms with E-state index in [-0.39, 0.29) is 16.3 Å². The number of unbranched alkanes of at least 4 members (excludes halogenated alkanes) is 1. The molecule has 0 radical (unpaired) electrons. The number of aromatic nitrogens is 2. The second-order valence-electron chi connectivity index (χ2n) is 8.12. The van der Waals surface area contributed by atoms with Crippen molar-refractivity contribution >= 4 is 11.6 Å². The van der Waals surface area contributed by atoms with Crippen LogP contribution < -0.4 is 4.74 Å². The molecule has 2 aromatic rings. The first-order valence-corrected chi connectivity index (χ1v) is 10.6. The van der Waals surface area contributed by atoms with Crippen molar-refractivity contribution in [2.45, 2.75) is 59.4 Å². The molecule has 0 saturated carbocycles. The Hall–Kier alpha value is -1.66. The number of nitrogens with zero attached hydrogens (tertiary/aromatic N) is 2. The third-order valence-electron chi connectivity index (χ3n) is 4.81. The lowest BCUT2D eigenvalue weighted by molar-refractivity contribution is 0.0173. The Bertz CT molecular complexity index is 787. The molecule has 0 aliphatic carbocycles. The van der Waals surface area contributed by atoms with Gasteiger partial charge in [-0.2, -0.15) is 5.10 Å². The van der Waals surface area contributed by atoms with Crippen LogP contribution in [0.15, 0.2) is 18.3 Å². The van der Waals surface area contributed by atoms with Crippen LogP contribution in [0.4, 0.5) is 8.78 Å². The minimum Gasteiger partial charge on any atom is -0.492 e. The lowest BCUT2D eigenvalue weighted by Crippen LogP contribution is -2.19. The predicted molar refractivity (Wildman–Crippen MR) is 115 cm³/mol. The highest BCUT2D eigenvalue weighted by Crippen LogP contribution is 2.42. The van der Waals surface area contributed by atoms with Crippen LogP contribution in [0, 0.1) is 5.92 Å². The summed E-state index contributed by atoms with van der Waals surface area (Å²) in [7, 11) is 2.04. The van der Waals surface area contributed by atoms with E-state index in [9.17, 15) is 8.78 Å². The summed E-state index contributed by atoms with van der Waals surface area (Å²) in [5.41, 5.74) is 2.02. The van der Waals surface area contributed by atoms with Crippen LogP contribution in [0.25, 0.3) is 11.3 Å². The summed E-state index contributed by atoms with van der Waals surface area (Å²) in [6.07, 6.45) is 4.78. The number of benzene rings is 1. The number of H-pyrrole nitrogens is 1. The van der Waals surface area contributed by atoms with Crippen LogP contribution in [0.2, 0.25) is 5.02 Å². The fourth-order valence-corrected chi connectivity index (χ4v) is 3.38. The zero-order valence-corrected chi connectivity index (χ0v) is 18.7. The molecule has 0 atom stereocenters. The van der Waals surface area contributed by atoms with Gasteiger partial charge in [-0.1, -0.05) is 38.8 Å². The van der Waals surface area contributed by atoms with E-state index in [1.54, 1.807) is 12.3 Å². The largest absolute Gasteiger partial charge is 0.492 e. The van der Waals surface area contributed by atoms with Gasteiger partial charge in [0.1, 0.15) is 5.75 Å². The van der Waals surface area contributed by atoms with Crippen molar-refractivity contribution in [2.75, 3.05) is 20.2 Å². The summed E-state index contributed by atoms with van der Waals surface area (Å²) in [5.74, 6) is -2.36. The molecule has 1 aromatic heterocycles. The maximum atomic E-state index is 14.2. The van der Waals surface area contributed by atoms with Crippen molar-refractivity contribution in [3.05, 3.63) is 34.5 Å². The zero-order valence-electron chi connectivity index (χ0n) is 18.0. The first kappa shape index (κ1) is 23.6. The van der Waals surface area contributed by atoms with E-state index in [1.165, 1.54) is 6.07 Å². The van der Waals surface area contributed by atoms with Gasteiger partial charge in [0.15, 0.2) is 0 Å². The topological polar surface area (TPSA) is 41.2 Å². The molecule has 0 unspecified atom stereocenters. The molecule has 1 heterocycles. The molecule has 0 aliphatic rings. The first-order chi connectivity index (χ1) is 13.6. The number of hydrogen-bond acceptors (Lipinski definition) is 3. The number of hydrogen-bond donors (Lipinski definition) is 1. The summed E-state index contributed by atoms with van der Waals surface area (Å²) in [4.78, 5) is 2.20. The maximum absolute atomic E-state index is 14.2. The van der Waals surface area contributed by atoms with Crippen LogP contribution in [0.1, 0.15) is 58.1 Å². The zero-order chi connectivity index (χ0) is 21.6. The number of nitrogens with one attached hydrogen (secondary N) is 1. The normalized spacial score (nSPS) is 12.2. The third-order valence-corrected chi connectivity index (χ3v) is 5.19. The van der Waals surface area contributed by atoms with Gasteiger partial charge in [0.05, 0.1) is 23.5 Å². The second kappa shape index (κ2) is 10.4. The Kier molecular flexibility index (Phi) is 8.46. The lowest BCUT2D eigenvalue weighted by Gasteiger charge is -2.19. The number of ether oxygens (including phenoxy) is 1. The standard InChI is InChI=1S/C22H32ClF2N3O/c1-6-7-9-28(5)14-17-13-26-27-21(17)16-11-18(22(4,24)25)20(23)19(12-16)29-10-8-15(2)3/h11-13,15H,6-10,14H2,1-5H3,(H,26,27). The van der Waals surface area contributed by atoms with Gasteiger partial charge in [-0.25, -0.2) is 8.78 Å². The molecule has 4 nitrogen and oxygen atoms in total. The summed E-state index contributed by atoms with van der Waals surface area (Å²) in [6.45, 7) is 9.23. The minimum atomic E-state index is -3.08. The first-order valence-electron chi connectivity index (χ1n) is 10.2. The maximum Gasteiger partial charge on any atom is 0.272 e. The van der Waals surface area contributed by atoms with Crippen LogP contribution in [0.5, 0.6) is 5.75 Å². The quantitative estimate of drug-likeness (QED) is 0.445. The van der Waals surface area contributed by atoms with Gasteiger partial charge in [0, 0.05) is 30.2 Å². The fourth-order valence-electron chi connectivity index (χ4n) is 3.05. The van der Waals surface area contributed by atoms with Crippen molar-refractivity contribution in [3.63, 3.8) is 0 Å². The SMILES string of the molecule is CCCCN(C)Cc1cn[nH]c1-c1cc(OCCC(C)C)c(Cl)c(C(C)(F)F)c1. The summed E-state index contributed by atoms with van der Waals surface area (Å²) in [6, 6.07) is 3.15. The number of rotatable bonds is 11. The van der Waals surface area contributed by atoms with Crippen molar-refractivity contribution in [1.82, 2.24) is 15.1 Å². The van der Waals surface area contributed by atoms with Gasteiger partial charge in [0.2, 0.25) is 0 Å². The molecule has 1 N–H and O–H groups in total. The molecule has 2 rings (SSSR count). The fraction of sp³-hybridized carbons (Fsp3) is 0.591. The van der Waals surface area contributed by atoms with E-state index in [0.717, 1.165) is 38.3 Å². The van der Waals surface area contributed by atoms with Crippen LogP contribution in [-0.4, -0.2) is 35.3 Å². The predicted octanol–water partition coefficient (Wildman–Crippen LogP) is 6.50. The highest BCUT2D eigenvalue weighted by atomic mass is 35.5. The Balaban J connectivity index is 2.38. The molecule has 0 saturated heterocycles. The van der Waals surface area contributed by atoms with Gasteiger partial charge in [0.25, 0.3) is 5.92 Å². The Morgan fingerprint density at radius 3 is 2.66 bits per heavy atom. The molecular formula is C22H32ClF2N3O. The van der Waals surface area contributed by atoms with Crippen molar-refractivity contribution in [3.8, 4) is 17.0 Å². The molecule has 0 spiro atoms. The average molecular weight is 428 g/mol. The number of alkyl halides is 2. The third kappa shape index (κ3) is 6.68. The van der Waals surface area contributed by atoms with Crippen LogP contribution in [0.3, 0.4) is 0 Å². The van der Waals surface area contributed by atoms with Gasteiger partial charge in [-0.15, -0.1) is 0 Å². The summed E-state index contributed by atoms with van der Waals surface area (Å²) < 4.78 is 34.3. The molecule has 0 bridgehead atoms. The van der Waals surface area contributed by atoms with E-state index in [4.69, 9.17) is 16.3 Å². The highest BCUT2D eigenvalue weighted by molar-refractivity contribution is 6.33. The van der Waals surface area contributed by atoms with Crippen molar-refractivity contribution in [1.29, 1.82) is 0 Å². The van der Waals surface area contributed by atoms with E-state index in [2.05, 4.69) is 35.9 Å². The molecule has 162 valence electrons. The molecule has 7 heteroatoms. The van der Waals surface area contributed by atoms with Gasteiger partial charge < -0.3 is 9.64 Å². The lowest BCUT2D eigenvalue weighted by atomic mass is 10.0. The molecular weight excluding hydrogens is 396 g/mol. The molecule has 0 aliphatic heterocycles. The van der Waals surface area contributed by atoms with Crippen LogP contribution in [-0.2, 0) is 12.5 Å². The van der Waals surface area contributed by atoms with Gasteiger partial charge in [-0.3, -0.25) is 5.10 Å². The average Bonchev–Trinajstić information content (AvgIpc) is 3.08. The Morgan fingerprint density at radius 1 is 1.31 bits per heavy atom. The number of halogens is 3. The molecule has 1 aromatic carbocycles. The summed E-state index contributed by atoms with van der Waals surface area (Å²) in [5, 5.41) is 7.08. The highest BCUT2D eigenvalue weighted by Gasteiger charge is 2.30.